The minimum Gasteiger partial charge on any atom is -0.480 e. The van der Waals surface area contributed by atoms with Gasteiger partial charge >= 0.3 is 11.9 Å². The third-order valence-electron chi connectivity index (χ3n) is 14.9. The summed E-state index contributed by atoms with van der Waals surface area (Å²) in [6, 6.07) is 7.43. The Balaban J connectivity index is 1.35. The smallest absolute Gasteiger partial charge is 0.335 e. The summed E-state index contributed by atoms with van der Waals surface area (Å²) in [5.41, 5.74) is 3.79. The highest BCUT2D eigenvalue weighted by molar-refractivity contribution is 5.88. The van der Waals surface area contributed by atoms with Gasteiger partial charge in [0.1, 0.15) is 6.54 Å². The van der Waals surface area contributed by atoms with E-state index in [4.69, 9.17) is 0 Å². The molecule has 0 aromatic heterocycles. The minimum absolute atomic E-state index is 0.0444. The second-order valence-corrected chi connectivity index (χ2v) is 16.8. The van der Waals surface area contributed by atoms with Crippen LogP contribution in [0.4, 0.5) is 0 Å². The third kappa shape index (κ3) is 4.43. The van der Waals surface area contributed by atoms with Gasteiger partial charge in [-0.2, -0.15) is 0 Å². The molecular formula is C39H53NO5. The van der Waals surface area contributed by atoms with Crippen LogP contribution in [0.5, 0.6) is 0 Å². The van der Waals surface area contributed by atoms with Crippen LogP contribution in [0.3, 0.4) is 0 Å². The first-order valence-corrected chi connectivity index (χ1v) is 17.2. The van der Waals surface area contributed by atoms with Crippen LogP contribution in [0.15, 0.2) is 42.5 Å². The average molecular weight is 616 g/mol. The van der Waals surface area contributed by atoms with E-state index in [0.29, 0.717) is 29.2 Å². The normalized spacial score (nSPS) is 41.4. The molecule has 5 aliphatic carbocycles. The van der Waals surface area contributed by atoms with Crippen LogP contribution in [0.2, 0.25) is 0 Å². The van der Waals surface area contributed by atoms with E-state index >= 15 is 0 Å². The molecule has 0 spiro atoms. The summed E-state index contributed by atoms with van der Waals surface area (Å²) >= 11 is 0. The fraction of sp³-hybridized carbons (Fsp3) is 0.667. The van der Waals surface area contributed by atoms with Crippen LogP contribution in [0, 0.1) is 56.7 Å². The van der Waals surface area contributed by atoms with Gasteiger partial charge in [-0.15, -0.1) is 0 Å². The summed E-state index contributed by atoms with van der Waals surface area (Å²) in [5, 5.41) is 21.6. The van der Waals surface area contributed by atoms with Crippen LogP contribution in [0.25, 0.3) is 5.57 Å². The first-order valence-electron chi connectivity index (χ1n) is 17.2. The van der Waals surface area contributed by atoms with Gasteiger partial charge in [-0.05, 0) is 139 Å². The van der Waals surface area contributed by atoms with Crippen LogP contribution in [-0.2, 0) is 9.59 Å². The van der Waals surface area contributed by atoms with E-state index in [-0.39, 0.29) is 40.0 Å². The van der Waals surface area contributed by atoms with Crippen molar-refractivity contribution in [2.45, 2.75) is 99.3 Å². The van der Waals surface area contributed by atoms with E-state index in [0.717, 1.165) is 56.9 Å². The SMILES string of the molecule is C=C(C)C1CCC2(C(=O)NCC(=O)O)CCC3(C)C(CCC4C5(C)CC=C(c6ccc(C(=O)O)cc6)C(C)(C)C5CCC43C)C12. The number of hydrogen-bond donors (Lipinski definition) is 3. The first-order chi connectivity index (χ1) is 21.0. The maximum absolute atomic E-state index is 13.9. The first kappa shape index (κ1) is 32.1. The Morgan fingerprint density at radius 1 is 0.867 bits per heavy atom. The predicted molar refractivity (Wildman–Crippen MR) is 176 cm³/mol. The van der Waals surface area contributed by atoms with E-state index < -0.39 is 17.4 Å². The van der Waals surface area contributed by atoms with Crippen LogP contribution in [0.1, 0.15) is 115 Å². The number of carbonyl (C=O) groups excluding carboxylic acids is 1. The van der Waals surface area contributed by atoms with Crippen molar-refractivity contribution in [1.82, 2.24) is 5.32 Å². The fourth-order valence-electron chi connectivity index (χ4n) is 12.8. The van der Waals surface area contributed by atoms with Gasteiger partial charge in [0.05, 0.1) is 11.0 Å². The summed E-state index contributed by atoms with van der Waals surface area (Å²) in [4.78, 5) is 36.8. The van der Waals surface area contributed by atoms with Crippen molar-refractivity contribution < 1.29 is 24.6 Å². The topological polar surface area (TPSA) is 104 Å². The van der Waals surface area contributed by atoms with Crippen molar-refractivity contribution in [1.29, 1.82) is 0 Å². The van der Waals surface area contributed by atoms with Crippen molar-refractivity contribution in [2.75, 3.05) is 6.54 Å². The number of allylic oxidation sites excluding steroid dienone is 3. The molecule has 0 radical (unpaired) electrons. The van der Waals surface area contributed by atoms with E-state index in [2.05, 4.69) is 59.5 Å². The molecule has 4 fully saturated rings. The molecule has 9 atom stereocenters. The molecule has 244 valence electrons. The van der Waals surface area contributed by atoms with Crippen molar-refractivity contribution in [3.05, 3.63) is 53.6 Å². The molecule has 0 bridgehead atoms. The van der Waals surface area contributed by atoms with Gasteiger partial charge < -0.3 is 15.5 Å². The number of aromatic carboxylic acids is 1. The molecule has 6 nitrogen and oxygen atoms in total. The molecule has 5 aliphatic rings. The molecule has 1 aromatic carbocycles. The standard InChI is InChI=1S/C39H53NO5/c1-23(2)26-14-19-39(34(45)40-22-31(41)42)21-20-37(6)28(32(26)39)12-13-30-36(5)17-15-27(24-8-10-25(11-9-24)33(43)44)35(3,4)29(36)16-18-38(30,37)7/h8-11,15,26,28-30,32H,1,12-14,16-22H2,2-7H3,(H,40,45)(H,41,42)(H,43,44). The lowest BCUT2D eigenvalue weighted by Crippen LogP contribution is -2.66. The van der Waals surface area contributed by atoms with Gasteiger partial charge in [-0.25, -0.2) is 4.79 Å². The van der Waals surface area contributed by atoms with Gasteiger partial charge in [-0.3, -0.25) is 9.59 Å². The van der Waals surface area contributed by atoms with E-state index in [9.17, 15) is 24.6 Å². The zero-order valence-corrected chi connectivity index (χ0v) is 28.2. The molecule has 0 heterocycles. The number of nitrogens with one attached hydrogen (secondary N) is 1. The third-order valence-corrected chi connectivity index (χ3v) is 14.9. The van der Waals surface area contributed by atoms with Crippen LogP contribution in [-0.4, -0.2) is 34.6 Å². The number of amides is 1. The highest BCUT2D eigenvalue weighted by Crippen LogP contribution is 2.77. The summed E-state index contributed by atoms with van der Waals surface area (Å²) < 4.78 is 0. The number of benzene rings is 1. The number of carbonyl (C=O) groups is 3. The summed E-state index contributed by atoms with van der Waals surface area (Å²) in [6.07, 6.45) is 11.7. The molecule has 9 unspecified atom stereocenters. The maximum atomic E-state index is 13.9. The highest BCUT2D eigenvalue weighted by Gasteiger charge is 2.71. The number of fused-ring (bicyclic) bond motifs is 7. The molecule has 3 N–H and O–H groups in total. The Labute approximate surface area is 269 Å². The largest absolute Gasteiger partial charge is 0.480 e. The minimum atomic E-state index is -0.991. The van der Waals surface area contributed by atoms with Crippen LogP contribution >= 0.6 is 0 Å². The average Bonchev–Trinajstić information content (AvgIpc) is 3.37. The Morgan fingerprint density at radius 2 is 1.56 bits per heavy atom. The summed E-state index contributed by atoms with van der Waals surface area (Å²) in [7, 11) is 0. The Bertz CT molecular complexity index is 1460. The van der Waals surface area contributed by atoms with E-state index in [1.54, 1.807) is 12.1 Å². The zero-order chi connectivity index (χ0) is 32.7. The molecule has 4 saturated carbocycles. The van der Waals surface area contributed by atoms with Crippen molar-refractivity contribution in [3.8, 4) is 0 Å². The lowest BCUT2D eigenvalue weighted by molar-refractivity contribution is -0.225. The fourth-order valence-corrected chi connectivity index (χ4v) is 12.8. The number of carboxylic acid groups (broad SMARTS) is 2. The molecular weight excluding hydrogens is 562 g/mol. The number of rotatable bonds is 6. The van der Waals surface area contributed by atoms with Crippen LogP contribution < -0.4 is 5.32 Å². The second-order valence-electron chi connectivity index (χ2n) is 16.8. The van der Waals surface area contributed by atoms with Crippen molar-refractivity contribution in [3.63, 3.8) is 0 Å². The highest BCUT2D eigenvalue weighted by atomic mass is 16.4. The molecule has 1 amide bonds. The van der Waals surface area contributed by atoms with E-state index in [1.165, 1.54) is 17.6 Å². The van der Waals surface area contributed by atoms with Gasteiger partial charge in [0.15, 0.2) is 0 Å². The zero-order valence-electron chi connectivity index (χ0n) is 28.2. The van der Waals surface area contributed by atoms with Gasteiger partial charge in [0, 0.05) is 0 Å². The van der Waals surface area contributed by atoms with Gasteiger partial charge in [-0.1, -0.05) is 65.0 Å². The Hall–Kier alpha value is -2.89. The Kier molecular flexibility index (Phi) is 7.53. The van der Waals surface area contributed by atoms with E-state index in [1.807, 2.05) is 12.1 Å². The number of carboxylic acids is 2. The van der Waals surface area contributed by atoms with Crippen molar-refractivity contribution in [2.24, 2.45) is 56.7 Å². The lowest BCUT2D eigenvalue weighted by Gasteiger charge is -2.72. The van der Waals surface area contributed by atoms with Crippen molar-refractivity contribution >= 4 is 23.4 Å². The Morgan fingerprint density at radius 3 is 2.18 bits per heavy atom. The molecule has 0 aliphatic heterocycles. The molecule has 1 aromatic rings. The predicted octanol–water partition coefficient (Wildman–Crippen LogP) is 8.24. The molecule has 6 heteroatoms. The summed E-state index contributed by atoms with van der Waals surface area (Å²) in [5.74, 6) is 0.0485. The monoisotopic (exact) mass is 615 g/mol. The molecule has 6 rings (SSSR count). The summed E-state index contributed by atoms with van der Waals surface area (Å²) in [6.45, 7) is 18.7. The molecule has 0 saturated heterocycles. The number of aliphatic carboxylic acids is 1. The quantitative estimate of drug-likeness (QED) is 0.280. The maximum Gasteiger partial charge on any atom is 0.335 e. The number of hydrogen-bond acceptors (Lipinski definition) is 3. The van der Waals surface area contributed by atoms with Gasteiger partial charge in [0.2, 0.25) is 5.91 Å². The van der Waals surface area contributed by atoms with Gasteiger partial charge in [0.25, 0.3) is 0 Å². The second kappa shape index (κ2) is 10.6. The lowest BCUT2D eigenvalue weighted by atomic mass is 9.32. The molecule has 45 heavy (non-hydrogen) atoms.